The molecule has 0 unspecified atom stereocenters. The Morgan fingerprint density at radius 2 is 2.14 bits per heavy atom. The Kier molecular flexibility index (Phi) is 6.64. The lowest BCUT2D eigenvalue weighted by atomic mass is 9.94. The number of rotatable bonds is 6. The maximum absolute atomic E-state index is 12.9. The Labute approximate surface area is 164 Å². The van der Waals surface area contributed by atoms with Crippen LogP contribution in [0.4, 0.5) is 5.69 Å². The Bertz CT molecular complexity index is 738. The molecule has 2 atom stereocenters. The minimum absolute atomic E-state index is 0.0358. The molecule has 2 aliphatic heterocycles. The number of hydrogen-bond donors (Lipinski definition) is 1. The van der Waals surface area contributed by atoms with Gasteiger partial charge in [-0.15, -0.1) is 0 Å². The molecular weight excluding hydrogens is 362 g/mol. The van der Waals surface area contributed by atoms with Crippen molar-refractivity contribution in [3.8, 4) is 0 Å². The van der Waals surface area contributed by atoms with Crippen molar-refractivity contribution in [1.29, 1.82) is 0 Å². The van der Waals surface area contributed by atoms with Crippen LogP contribution in [0.2, 0.25) is 0 Å². The van der Waals surface area contributed by atoms with Crippen molar-refractivity contribution < 1.29 is 23.9 Å². The number of benzene rings is 1. The van der Waals surface area contributed by atoms with E-state index >= 15 is 0 Å². The van der Waals surface area contributed by atoms with E-state index in [1.807, 2.05) is 31.2 Å². The summed E-state index contributed by atoms with van der Waals surface area (Å²) in [4.78, 5) is 40.0. The van der Waals surface area contributed by atoms with Crippen LogP contribution in [0, 0.1) is 0 Å². The molecule has 1 fully saturated rings. The summed E-state index contributed by atoms with van der Waals surface area (Å²) in [5.74, 6) is -1.18. The van der Waals surface area contributed by atoms with Crippen molar-refractivity contribution in [2.75, 3.05) is 51.5 Å². The minimum atomic E-state index is -0.551. The number of amides is 3. The van der Waals surface area contributed by atoms with Gasteiger partial charge < -0.3 is 24.6 Å². The standard InChI is InChI=1S/C20H27N3O5/c1-3-27-9-8-22(2)19(25)20(26)23-11-14(16-6-4-5-7-17(16)23)10-15-12-28-13-18(24)21-15/h4-7,14-15H,3,8-13H2,1-2H3,(H,21,24)/t14-,15-/m0/s1. The Balaban J connectivity index is 1.69. The second-order valence-electron chi connectivity index (χ2n) is 7.11. The van der Waals surface area contributed by atoms with Gasteiger partial charge in [0.1, 0.15) is 6.61 Å². The second kappa shape index (κ2) is 9.16. The maximum atomic E-state index is 12.9. The topological polar surface area (TPSA) is 88.2 Å². The fraction of sp³-hybridized carbons (Fsp3) is 0.550. The first-order chi connectivity index (χ1) is 13.5. The molecule has 8 heteroatoms. The van der Waals surface area contributed by atoms with Gasteiger partial charge in [0, 0.05) is 38.3 Å². The summed E-state index contributed by atoms with van der Waals surface area (Å²) in [5.41, 5.74) is 1.77. The van der Waals surface area contributed by atoms with E-state index < -0.39 is 11.8 Å². The van der Waals surface area contributed by atoms with E-state index in [1.54, 1.807) is 11.9 Å². The van der Waals surface area contributed by atoms with Crippen LogP contribution in [-0.4, -0.2) is 75.2 Å². The number of carbonyl (C=O) groups is 3. The van der Waals surface area contributed by atoms with E-state index in [-0.39, 0.29) is 24.5 Å². The molecule has 8 nitrogen and oxygen atoms in total. The van der Waals surface area contributed by atoms with Crippen LogP contribution >= 0.6 is 0 Å². The van der Waals surface area contributed by atoms with Crippen LogP contribution < -0.4 is 10.2 Å². The third-order valence-electron chi connectivity index (χ3n) is 5.11. The van der Waals surface area contributed by atoms with Crippen molar-refractivity contribution >= 4 is 23.4 Å². The number of anilines is 1. The molecule has 1 aromatic carbocycles. The number of nitrogens with one attached hydrogen (secondary N) is 1. The normalized spacial score (nSPS) is 21.2. The summed E-state index contributed by atoms with van der Waals surface area (Å²) in [6, 6.07) is 7.51. The lowest BCUT2D eigenvalue weighted by molar-refractivity contribution is -0.143. The summed E-state index contributed by atoms with van der Waals surface area (Å²) >= 11 is 0. The fourth-order valence-corrected chi connectivity index (χ4v) is 3.69. The number of nitrogens with zero attached hydrogens (tertiary/aromatic N) is 2. The highest BCUT2D eigenvalue weighted by atomic mass is 16.5. The van der Waals surface area contributed by atoms with Crippen molar-refractivity contribution in [1.82, 2.24) is 10.2 Å². The first-order valence-corrected chi connectivity index (χ1v) is 9.62. The molecule has 0 saturated carbocycles. The predicted molar refractivity (Wildman–Crippen MR) is 103 cm³/mol. The SMILES string of the molecule is CCOCCN(C)C(=O)C(=O)N1C[C@H](C[C@H]2COCC(=O)N2)c2ccccc21. The summed E-state index contributed by atoms with van der Waals surface area (Å²) in [6.07, 6.45) is 0.654. The van der Waals surface area contributed by atoms with Crippen LogP contribution in [-0.2, 0) is 23.9 Å². The minimum Gasteiger partial charge on any atom is -0.380 e. The molecule has 2 aliphatic rings. The summed E-state index contributed by atoms with van der Waals surface area (Å²) in [7, 11) is 1.60. The quantitative estimate of drug-likeness (QED) is 0.566. The van der Waals surface area contributed by atoms with E-state index in [1.165, 1.54) is 4.90 Å². The van der Waals surface area contributed by atoms with Crippen LogP contribution in [0.5, 0.6) is 0 Å². The number of hydrogen-bond acceptors (Lipinski definition) is 5. The van der Waals surface area contributed by atoms with Gasteiger partial charge in [-0.3, -0.25) is 14.4 Å². The van der Waals surface area contributed by atoms with E-state index in [9.17, 15) is 14.4 Å². The Morgan fingerprint density at radius 1 is 1.36 bits per heavy atom. The van der Waals surface area contributed by atoms with Crippen LogP contribution in [0.1, 0.15) is 24.8 Å². The lowest BCUT2D eigenvalue weighted by Gasteiger charge is -2.26. The zero-order chi connectivity index (χ0) is 20.1. The van der Waals surface area contributed by atoms with E-state index in [2.05, 4.69) is 5.32 Å². The number of likely N-dealkylation sites (N-methyl/N-ethyl adjacent to an activating group) is 1. The van der Waals surface area contributed by atoms with Gasteiger partial charge in [-0.1, -0.05) is 18.2 Å². The van der Waals surface area contributed by atoms with Gasteiger partial charge in [0.05, 0.1) is 19.3 Å². The molecule has 1 saturated heterocycles. The van der Waals surface area contributed by atoms with Gasteiger partial charge in [-0.25, -0.2) is 0 Å². The maximum Gasteiger partial charge on any atom is 0.316 e. The Hall–Kier alpha value is -2.45. The van der Waals surface area contributed by atoms with Crippen molar-refractivity contribution in [3.05, 3.63) is 29.8 Å². The molecule has 3 rings (SSSR count). The van der Waals surface area contributed by atoms with Gasteiger partial charge in [-0.05, 0) is 25.0 Å². The van der Waals surface area contributed by atoms with Crippen molar-refractivity contribution in [2.45, 2.75) is 25.3 Å². The molecule has 0 aromatic heterocycles. The number of fused-ring (bicyclic) bond motifs is 1. The molecular formula is C20H27N3O5. The average molecular weight is 389 g/mol. The monoisotopic (exact) mass is 389 g/mol. The van der Waals surface area contributed by atoms with Crippen molar-refractivity contribution in [2.24, 2.45) is 0 Å². The lowest BCUT2D eigenvalue weighted by Crippen LogP contribution is -2.47. The van der Waals surface area contributed by atoms with E-state index in [4.69, 9.17) is 9.47 Å². The molecule has 1 aromatic rings. The molecule has 152 valence electrons. The molecule has 0 spiro atoms. The summed E-state index contributed by atoms with van der Waals surface area (Å²) < 4.78 is 10.6. The molecule has 3 amide bonds. The molecule has 0 aliphatic carbocycles. The van der Waals surface area contributed by atoms with Crippen LogP contribution in [0.3, 0.4) is 0 Å². The molecule has 0 radical (unpaired) electrons. The first-order valence-electron chi connectivity index (χ1n) is 9.62. The Morgan fingerprint density at radius 3 is 2.89 bits per heavy atom. The molecule has 0 bridgehead atoms. The van der Waals surface area contributed by atoms with Gasteiger partial charge in [-0.2, -0.15) is 0 Å². The van der Waals surface area contributed by atoms with E-state index in [0.717, 1.165) is 11.3 Å². The largest absolute Gasteiger partial charge is 0.380 e. The zero-order valence-corrected chi connectivity index (χ0v) is 16.3. The number of morpholine rings is 1. The summed E-state index contributed by atoms with van der Waals surface area (Å²) in [5, 5.41) is 2.93. The highest BCUT2D eigenvalue weighted by Gasteiger charge is 2.37. The highest BCUT2D eigenvalue weighted by Crippen LogP contribution is 2.38. The van der Waals surface area contributed by atoms with Crippen LogP contribution in [0.15, 0.2) is 24.3 Å². The first kappa shape index (κ1) is 20.3. The van der Waals surface area contributed by atoms with Gasteiger partial charge in [0.25, 0.3) is 0 Å². The van der Waals surface area contributed by atoms with Crippen LogP contribution in [0.25, 0.3) is 0 Å². The predicted octanol–water partition coefficient (Wildman–Crippen LogP) is 0.517. The number of carbonyl (C=O) groups excluding carboxylic acids is 3. The second-order valence-corrected chi connectivity index (χ2v) is 7.11. The van der Waals surface area contributed by atoms with Gasteiger partial charge >= 0.3 is 11.8 Å². The highest BCUT2D eigenvalue weighted by molar-refractivity contribution is 6.40. The summed E-state index contributed by atoms with van der Waals surface area (Å²) in [6.45, 7) is 4.17. The smallest absolute Gasteiger partial charge is 0.316 e. The third-order valence-corrected chi connectivity index (χ3v) is 5.11. The van der Waals surface area contributed by atoms with E-state index in [0.29, 0.717) is 39.3 Å². The van der Waals surface area contributed by atoms with Gasteiger partial charge in [0.2, 0.25) is 5.91 Å². The molecule has 28 heavy (non-hydrogen) atoms. The van der Waals surface area contributed by atoms with Gasteiger partial charge in [0.15, 0.2) is 0 Å². The average Bonchev–Trinajstić information content (AvgIpc) is 3.05. The number of ether oxygens (including phenoxy) is 2. The number of para-hydroxylation sites is 1. The van der Waals surface area contributed by atoms with Crippen molar-refractivity contribution in [3.63, 3.8) is 0 Å². The fourth-order valence-electron chi connectivity index (χ4n) is 3.69. The molecule has 2 heterocycles. The molecule has 1 N–H and O–H groups in total. The third kappa shape index (κ3) is 4.51. The zero-order valence-electron chi connectivity index (χ0n) is 16.3.